The normalized spacial score (nSPS) is 10.7. The fourth-order valence-electron chi connectivity index (χ4n) is 1.66. The predicted octanol–water partition coefficient (Wildman–Crippen LogP) is 2.39. The monoisotopic (exact) mass is 892 g/mol. The van der Waals surface area contributed by atoms with Crippen LogP contribution in [0.5, 0.6) is 0 Å². The van der Waals surface area contributed by atoms with E-state index in [1.54, 1.807) is 14.0 Å². The number of anilines is 1. The second-order valence-corrected chi connectivity index (χ2v) is 6.83. The van der Waals surface area contributed by atoms with E-state index in [4.69, 9.17) is 10.8 Å². The smallest absolute Gasteiger partial charge is 0.335 e. The van der Waals surface area contributed by atoms with Gasteiger partial charge in [-0.05, 0) is 38.2 Å². The van der Waals surface area contributed by atoms with Crippen LogP contribution >= 0.6 is 0 Å². The van der Waals surface area contributed by atoms with E-state index < -0.39 is 18.1 Å². The van der Waals surface area contributed by atoms with Crippen molar-refractivity contribution in [2.24, 2.45) is 0 Å². The number of unbranched alkanes of at least 4 members (excludes halogenated alkanes) is 1. The molecule has 12 heteroatoms. The molecule has 2 amide bonds. The minimum atomic E-state index is -1.03. The number of amides is 2. The van der Waals surface area contributed by atoms with Gasteiger partial charge in [-0.25, -0.2) is 4.79 Å². The Bertz CT molecular complexity index is 667. The first-order chi connectivity index (χ1) is 14.7. The minimum Gasteiger partial charge on any atom is -0.793 e. The summed E-state index contributed by atoms with van der Waals surface area (Å²) in [6.07, 6.45) is 3.76. The van der Waals surface area contributed by atoms with Gasteiger partial charge < -0.3 is 44.2 Å². The molecule has 9 nitrogen and oxygen atoms in total. The molecule has 0 bridgehead atoms. The van der Waals surface area contributed by atoms with Gasteiger partial charge in [-0.1, -0.05) is 39.2 Å². The number of hydrogen-bond acceptors (Lipinski definition) is 6. The summed E-state index contributed by atoms with van der Waals surface area (Å²) in [5, 5.41) is 16.5. The first-order valence-electron chi connectivity index (χ1n) is 9.99. The third-order valence-corrected chi connectivity index (χ3v) is 3.84. The Kier molecular flexibility index (Phi) is 27.3. The van der Waals surface area contributed by atoms with Gasteiger partial charge in [0.15, 0.2) is 0 Å². The maximum absolute atomic E-state index is 11.8. The third kappa shape index (κ3) is 20.9. The molecule has 0 aliphatic rings. The van der Waals surface area contributed by atoms with Crippen molar-refractivity contribution in [3.63, 3.8) is 0 Å². The summed E-state index contributed by atoms with van der Waals surface area (Å²) in [7, 11) is 1.63. The second kappa shape index (κ2) is 24.0. The standard InChI is InChI=1S/C13H17N3O4.C4H8NOS.C4H10.Fm.Ta/c1-8(15-11(17)7-14-2)12(18)16-10-5-3-9(4-6-10)13(19)20;5-4(3-6)1-2-7;1-3-4-2;;/h3-6,8,14H,7H2,1-2H3,(H,15,17)(H,16,18)(H,19,20);3-5,7H,1-2H2;3-4H2,1-2H3;;/q;-1;;;/p-1. The predicted molar refractivity (Wildman–Crippen MR) is 125 cm³/mol. The molecule has 0 saturated heterocycles. The van der Waals surface area contributed by atoms with E-state index in [1.807, 2.05) is 0 Å². The zero-order valence-corrected chi connectivity index (χ0v) is 25.7. The summed E-state index contributed by atoms with van der Waals surface area (Å²) in [5.74, 6) is -1.18. The number of hydrogen-bond donors (Lipinski definition) is 4. The van der Waals surface area contributed by atoms with Crippen LogP contribution < -0.4 is 16.0 Å². The number of carboxylic acid groups (broad SMARTS) is 1. The number of nitrogens with one attached hydrogen (secondary N) is 4. The molecule has 0 fully saturated rings. The minimum absolute atomic E-state index is 0. The van der Waals surface area contributed by atoms with Crippen LogP contribution in [0.4, 0.5) is 5.69 Å². The quantitative estimate of drug-likeness (QED) is 0.209. The van der Waals surface area contributed by atoms with Gasteiger partial charge in [-0.15, -0.1) is 0 Å². The Balaban J connectivity index is -0.000000272. The van der Waals surface area contributed by atoms with Crippen molar-refractivity contribution >= 4 is 42.4 Å². The number of rotatable bonds is 10. The van der Waals surface area contributed by atoms with Crippen molar-refractivity contribution in [1.82, 2.24) is 10.6 Å². The summed E-state index contributed by atoms with van der Waals surface area (Å²) < 4.78 is 0. The van der Waals surface area contributed by atoms with Crippen LogP contribution in [0.15, 0.2) is 24.3 Å². The van der Waals surface area contributed by atoms with Gasteiger partial charge in [0.2, 0.25) is 11.8 Å². The van der Waals surface area contributed by atoms with Crippen molar-refractivity contribution in [3.05, 3.63) is 35.6 Å². The topological polar surface area (TPSA) is 148 Å². The van der Waals surface area contributed by atoms with Gasteiger partial charge in [0, 0.05) is 28.1 Å². The van der Waals surface area contributed by atoms with Crippen LogP contribution in [0.3, 0.4) is 0 Å². The van der Waals surface area contributed by atoms with E-state index in [1.165, 1.54) is 37.1 Å². The summed E-state index contributed by atoms with van der Waals surface area (Å²) in [4.78, 5) is 43.5. The molecular formula is C21H34FmN4O5STa-2. The van der Waals surface area contributed by atoms with Crippen molar-refractivity contribution < 1.29 is 46.7 Å². The molecular weight excluding hydrogens is 858 g/mol. The molecule has 1 rings (SSSR count). The first kappa shape index (κ1) is 37.6. The molecule has 0 spiro atoms. The molecule has 1 aromatic carbocycles. The Hall–Kier alpha value is -2.69. The van der Waals surface area contributed by atoms with Gasteiger partial charge in [0.1, 0.15) is 12.3 Å². The van der Waals surface area contributed by atoms with Crippen molar-refractivity contribution in [2.75, 3.05) is 24.7 Å². The largest absolute Gasteiger partial charge is 0.793 e. The van der Waals surface area contributed by atoms with Crippen LogP contribution in [-0.4, -0.2) is 60.6 Å². The van der Waals surface area contributed by atoms with Crippen LogP contribution in [0.25, 0.3) is 5.73 Å². The van der Waals surface area contributed by atoms with E-state index in [9.17, 15) is 19.2 Å². The SMILES string of the molecule is CCCC.CNCC(=O)NC(C)C(=O)Nc1ccc(C(=O)O)cc1.[Fm].[NH-]C(C=O)CC[S-].[Ta]. The Morgan fingerprint density at radius 2 is 1.67 bits per heavy atom. The Morgan fingerprint density at radius 1 is 1.15 bits per heavy atom. The van der Waals surface area contributed by atoms with Crippen LogP contribution in [0.1, 0.15) is 50.4 Å². The molecule has 2 atom stereocenters. The van der Waals surface area contributed by atoms with Crippen molar-refractivity contribution in [3.8, 4) is 0 Å². The average Bonchev–Trinajstić information content (AvgIpc) is 2.74. The molecule has 5 N–H and O–H groups in total. The number of carbonyl (C=O) groups excluding carboxylic acids is 3. The van der Waals surface area contributed by atoms with E-state index in [-0.39, 0.29) is 46.3 Å². The average molecular weight is 893 g/mol. The summed E-state index contributed by atoms with van der Waals surface area (Å²) in [6.45, 7) is 6.06. The zero-order valence-electron chi connectivity index (χ0n) is 19.3. The number of benzene rings is 1. The molecule has 1 aromatic rings. The summed E-state index contributed by atoms with van der Waals surface area (Å²) >= 11 is 4.52. The molecule has 0 saturated carbocycles. The maximum atomic E-state index is 11.8. The fraction of sp³-hybridized carbons (Fsp3) is 0.524. The zero-order chi connectivity index (χ0) is 24.2. The van der Waals surface area contributed by atoms with Crippen LogP contribution in [0.2, 0.25) is 0 Å². The molecule has 33 heavy (non-hydrogen) atoms. The summed E-state index contributed by atoms with van der Waals surface area (Å²) in [6, 6.07) is 4.49. The van der Waals surface area contributed by atoms with Gasteiger partial charge in [-0.3, -0.25) is 9.59 Å². The van der Waals surface area contributed by atoms with Crippen LogP contribution in [-0.2, 0) is 49.4 Å². The number of likely N-dealkylation sites (N-methyl/N-ethyl adjacent to an activating group) is 1. The van der Waals surface area contributed by atoms with Gasteiger partial charge in [0.05, 0.1) is 12.1 Å². The molecule has 0 heterocycles. The van der Waals surface area contributed by atoms with Crippen molar-refractivity contribution in [2.45, 2.75) is 52.1 Å². The second-order valence-electron chi connectivity index (χ2n) is 6.43. The Morgan fingerprint density at radius 3 is 2.00 bits per heavy atom. The van der Waals surface area contributed by atoms with Gasteiger partial charge >= 0.3 is 5.97 Å². The van der Waals surface area contributed by atoms with E-state index in [2.05, 4.69) is 42.4 Å². The van der Waals surface area contributed by atoms with E-state index >= 15 is 0 Å². The van der Waals surface area contributed by atoms with Gasteiger partial charge in [-0.2, -0.15) is 5.75 Å². The molecule has 0 aliphatic carbocycles. The van der Waals surface area contributed by atoms with Crippen LogP contribution in [0, 0.1) is 0 Å². The number of carboxylic acids is 1. The van der Waals surface area contributed by atoms with Gasteiger partial charge in [0.25, 0.3) is 0 Å². The number of aromatic carboxylic acids is 1. The fourth-order valence-corrected chi connectivity index (χ4v) is 1.91. The first-order valence-corrected chi connectivity index (χ1v) is 10.6. The van der Waals surface area contributed by atoms with E-state index in [0.29, 0.717) is 24.1 Å². The molecule has 2 unspecified atom stereocenters. The molecule has 0 aliphatic heterocycles. The molecule has 193 valence electrons. The maximum Gasteiger partial charge on any atom is 0.335 e. The molecule has 0 aromatic heterocycles. The summed E-state index contributed by atoms with van der Waals surface area (Å²) in [5.41, 5.74) is 7.39. The van der Waals surface area contributed by atoms with E-state index in [0.717, 1.165) is 0 Å². The Labute approximate surface area is 211 Å². The molecule has 1 radical (unpaired) electrons. The number of carbonyl (C=O) groups is 4. The van der Waals surface area contributed by atoms with Crippen molar-refractivity contribution in [1.29, 1.82) is 0 Å². The third-order valence-electron chi connectivity index (χ3n) is 3.60. The number of aldehydes is 1.